The highest BCUT2D eigenvalue weighted by atomic mass is 127. The lowest BCUT2D eigenvalue weighted by molar-refractivity contribution is 0.628. The van der Waals surface area contributed by atoms with Crippen LogP contribution in [-0.2, 0) is 0 Å². The molecule has 0 atom stereocenters. The van der Waals surface area contributed by atoms with Gasteiger partial charge in [0.05, 0.1) is 3.57 Å². The maximum absolute atomic E-state index is 13.1. The van der Waals surface area contributed by atoms with Gasteiger partial charge < -0.3 is 0 Å². The van der Waals surface area contributed by atoms with Crippen LogP contribution < -0.4 is 0 Å². The fourth-order valence-corrected chi connectivity index (χ4v) is 1.96. The minimum absolute atomic E-state index is 0.337. The highest BCUT2D eigenvalue weighted by molar-refractivity contribution is 14.1. The molecule has 0 N–H and O–H groups in total. The molecular formula is C10H4BrClFIN2. The molecule has 2 nitrogen and oxygen atoms in total. The van der Waals surface area contributed by atoms with E-state index in [1.54, 1.807) is 12.3 Å². The van der Waals surface area contributed by atoms with Gasteiger partial charge in [0.1, 0.15) is 11.0 Å². The largest absolute Gasteiger partial charge is 0.235 e. The summed E-state index contributed by atoms with van der Waals surface area (Å²) < 4.78 is 14.6. The number of hydrogen-bond acceptors (Lipinski definition) is 2. The molecule has 0 spiro atoms. The molecule has 0 aliphatic carbocycles. The summed E-state index contributed by atoms with van der Waals surface area (Å²) in [5, 5.41) is 0.363. The average Bonchev–Trinajstić information content (AvgIpc) is 2.26. The van der Waals surface area contributed by atoms with Gasteiger partial charge in [-0.1, -0.05) is 27.5 Å². The monoisotopic (exact) mass is 412 g/mol. The third kappa shape index (κ3) is 2.52. The SMILES string of the molecule is Fc1ccc(Br)c(-c2ncc(I)c(Cl)n2)c1. The highest BCUT2D eigenvalue weighted by Crippen LogP contribution is 2.27. The Labute approximate surface area is 119 Å². The Kier molecular flexibility index (Phi) is 3.76. The van der Waals surface area contributed by atoms with Crippen LogP contribution in [0.25, 0.3) is 11.4 Å². The quantitative estimate of drug-likeness (QED) is 0.515. The maximum atomic E-state index is 13.1. The molecule has 82 valence electrons. The van der Waals surface area contributed by atoms with E-state index in [9.17, 15) is 4.39 Å². The van der Waals surface area contributed by atoms with Crippen LogP contribution in [-0.4, -0.2) is 9.97 Å². The predicted octanol–water partition coefficient (Wildman–Crippen LogP) is 4.30. The summed E-state index contributed by atoms with van der Waals surface area (Å²) in [6.45, 7) is 0. The summed E-state index contributed by atoms with van der Waals surface area (Å²) in [4.78, 5) is 8.21. The van der Waals surface area contributed by atoms with Crippen molar-refractivity contribution in [1.29, 1.82) is 0 Å². The average molecular weight is 413 g/mol. The molecule has 0 aliphatic heterocycles. The zero-order chi connectivity index (χ0) is 11.7. The minimum atomic E-state index is -0.337. The lowest BCUT2D eigenvalue weighted by Gasteiger charge is -2.04. The van der Waals surface area contributed by atoms with Crippen LogP contribution in [0.2, 0.25) is 5.15 Å². The molecule has 0 aliphatic rings. The van der Waals surface area contributed by atoms with Gasteiger partial charge in [-0.25, -0.2) is 14.4 Å². The summed E-state index contributed by atoms with van der Waals surface area (Å²) in [7, 11) is 0. The first-order valence-corrected chi connectivity index (χ1v) is 6.46. The van der Waals surface area contributed by atoms with E-state index in [1.807, 2.05) is 22.6 Å². The standard InChI is InChI=1S/C10H4BrClFIN2/c11-7-2-1-5(13)3-6(7)10-15-4-8(14)9(12)16-10/h1-4H. The van der Waals surface area contributed by atoms with Crippen molar-refractivity contribution < 1.29 is 4.39 Å². The second kappa shape index (κ2) is 4.93. The molecular weight excluding hydrogens is 409 g/mol. The van der Waals surface area contributed by atoms with Gasteiger partial charge in [0, 0.05) is 16.2 Å². The van der Waals surface area contributed by atoms with Gasteiger partial charge >= 0.3 is 0 Å². The van der Waals surface area contributed by atoms with Gasteiger partial charge in [-0.2, -0.15) is 0 Å². The van der Waals surface area contributed by atoms with Gasteiger partial charge in [0.25, 0.3) is 0 Å². The molecule has 0 bridgehead atoms. The Balaban J connectivity index is 2.58. The van der Waals surface area contributed by atoms with Crippen molar-refractivity contribution in [3.8, 4) is 11.4 Å². The van der Waals surface area contributed by atoms with Crippen molar-refractivity contribution >= 4 is 50.1 Å². The van der Waals surface area contributed by atoms with Gasteiger partial charge in [-0.15, -0.1) is 0 Å². The minimum Gasteiger partial charge on any atom is -0.235 e. The Morgan fingerprint density at radius 2 is 2.12 bits per heavy atom. The van der Waals surface area contributed by atoms with Gasteiger partial charge in [-0.3, -0.25) is 0 Å². The van der Waals surface area contributed by atoms with Crippen molar-refractivity contribution in [3.05, 3.63) is 43.4 Å². The zero-order valence-electron chi connectivity index (χ0n) is 7.72. The molecule has 2 aromatic rings. The van der Waals surface area contributed by atoms with E-state index in [2.05, 4.69) is 25.9 Å². The topological polar surface area (TPSA) is 25.8 Å². The fourth-order valence-electron chi connectivity index (χ4n) is 1.14. The molecule has 6 heteroatoms. The summed E-state index contributed by atoms with van der Waals surface area (Å²) in [6, 6.07) is 4.34. The maximum Gasteiger partial charge on any atom is 0.162 e. The van der Waals surface area contributed by atoms with Crippen molar-refractivity contribution in [3.63, 3.8) is 0 Å². The van der Waals surface area contributed by atoms with Crippen LogP contribution in [0, 0.1) is 9.39 Å². The van der Waals surface area contributed by atoms with Gasteiger partial charge in [-0.05, 0) is 40.8 Å². The van der Waals surface area contributed by atoms with Crippen molar-refractivity contribution in [1.82, 2.24) is 9.97 Å². The van der Waals surface area contributed by atoms with E-state index in [4.69, 9.17) is 11.6 Å². The molecule has 16 heavy (non-hydrogen) atoms. The Morgan fingerprint density at radius 1 is 1.38 bits per heavy atom. The van der Waals surface area contributed by atoms with E-state index in [0.29, 0.717) is 16.5 Å². The summed E-state index contributed by atoms with van der Waals surface area (Å²) in [5.41, 5.74) is 0.582. The third-order valence-corrected chi connectivity index (χ3v) is 3.96. The number of aromatic nitrogens is 2. The first-order chi connectivity index (χ1) is 7.58. The van der Waals surface area contributed by atoms with Crippen LogP contribution in [0.1, 0.15) is 0 Å². The summed E-state index contributed by atoms with van der Waals surface area (Å²) in [5.74, 6) is 0.0632. The molecule has 0 unspecified atom stereocenters. The van der Waals surface area contributed by atoms with Gasteiger partial charge in [0.2, 0.25) is 0 Å². The number of hydrogen-bond donors (Lipinski definition) is 0. The van der Waals surface area contributed by atoms with Crippen molar-refractivity contribution in [2.45, 2.75) is 0 Å². The normalized spacial score (nSPS) is 10.5. The van der Waals surface area contributed by atoms with Gasteiger partial charge in [0.15, 0.2) is 5.82 Å². The smallest absolute Gasteiger partial charge is 0.162 e. The second-order valence-corrected chi connectivity index (χ2v) is 5.33. The zero-order valence-corrected chi connectivity index (χ0v) is 12.2. The lowest BCUT2D eigenvalue weighted by Crippen LogP contribution is -1.93. The molecule has 0 amide bonds. The van der Waals surface area contributed by atoms with E-state index < -0.39 is 0 Å². The molecule has 2 rings (SSSR count). The Hall–Kier alpha value is -0.270. The van der Waals surface area contributed by atoms with E-state index in [1.165, 1.54) is 12.1 Å². The van der Waals surface area contributed by atoms with Crippen LogP contribution in [0.4, 0.5) is 4.39 Å². The fraction of sp³-hybridized carbons (Fsp3) is 0. The summed E-state index contributed by atoms with van der Waals surface area (Å²) in [6.07, 6.45) is 1.60. The van der Waals surface area contributed by atoms with Crippen molar-refractivity contribution in [2.24, 2.45) is 0 Å². The molecule has 0 fully saturated rings. The Morgan fingerprint density at radius 3 is 2.81 bits per heavy atom. The Bertz CT molecular complexity index is 550. The molecule has 1 aromatic heterocycles. The molecule has 1 heterocycles. The number of benzene rings is 1. The molecule has 0 saturated carbocycles. The van der Waals surface area contributed by atoms with Crippen LogP contribution in [0.15, 0.2) is 28.9 Å². The number of halogens is 4. The second-order valence-electron chi connectivity index (χ2n) is 2.96. The van der Waals surface area contributed by atoms with Crippen LogP contribution in [0.3, 0.4) is 0 Å². The number of nitrogens with zero attached hydrogens (tertiary/aromatic N) is 2. The molecule has 1 aromatic carbocycles. The van der Waals surface area contributed by atoms with E-state index in [0.717, 1.165) is 8.04 Å². The first kappa shape index (κ1) is 12.2. The van der Waals surface area contributed by atoms with Crippen LogP contribution in [0.5, 0.6) is 0 Å². The third-order valence-electron chi connectivity index (χ3n) is 1.87. The van der Waals surface area contributed by atoms with E-state index in [-0.39, 0.29) is 5.82 Å². The number of rotatable bonds is 1. The van der Waals surface area contributed by atoms with E-state index >= 15 is 0 Å². The lowest BCUT2D eigenvalue weighted by atomic mass is 10.2. The predicted molar refractivity (Wildman–Crippen MR) is 72.9 cm³/mol. The first-order valence-electron chi connectivity index (χ1n) is 4.21. The molecule has 0 radical (unpaired) electrons. The highest BCUT2D eigenvalue weighted by Gasteiger charge is 2.09. The summed E-state index contributed by atoms with van der Waals surface area (Å²) >= 11 is 11.2. The van der Waals surface area contributed by atoms with Crippen LogP contribution >= 0.6 is 50.1 Å². The van der Waals surface area contributed by atoms with Crippen molar-refractivity contribution in [2.75, 3.05) is 0 Å². The molecule has 0 saturated heterocycles.